The zero-order valence-corrected chi connectivity index (χ0v) is 17.9. The summed E-state index contributed by atoms with van der Waals surface area (Å²) in [6.07, 6.45) is 0. The number of esters is 1. The molecule has 0 saturated carbocycles. The molecule has 0 aliphatic heterocycles. The van der Waals surface area contributed by atoms with Gasteiger partial charge in [-0.1, -0.05) is 18.2 Å². The summed E-state index contributed by atoms with van der Waals surface area (Å²) >= 11 is 1.34. The number of ether oxygens (including phenoxy) is 1. The van der Waals surface area contributed by atoms with Crippen LogP contribution in [-0.2, 0) is 11.3 Å². The van der Waals surface area contributed by atoms with Crippen molar-refractivity contribution in [3.63, 3.8) is 0 Å². The van der Waals surface area contributed by atoms with Crippen molar-refractivity contribution in [3.8, 4) is 0 Å². The molecule has 3 rings (SSSR count). The molecular formula is C21H26N4O3S. The van der Waals surface area contributed by atoms with Crippen molar-refractivity contribution in [3.05, 3.63) is 51.7 Å². The Balaban J connectivity index is 1.71. The van der Waals surface area contributed by atoms with Gasteiger partial charge in [0.25, 0.3) is 0 Å². The van der Waals surface area contributed by atoms with Crippen LogP contribution >= 0.6 is 11.3 Å². The molecule has 1 atom stereocenters. The molecule has 2 aromatic heterocycles. The Morgan fingerprint density at radius 2 is 2.14 bits per heavy atom. The Morgan fingerprint density at radius 1 is 1.34 bits per heavy atom. The second-order valence-corrected chi connectivity index (χ2v) is 7.53. The van der Waals surface area contributed by atoms with E-state index in [-0.39, 0.29) is 12.0 Å². The van der Waals surface area contributed by atoms with Crippen LogP contribution < -0.4 is 10.6 Å². The number of fused-ring (bicyclic) bond motifs is 1. The topological polar surface area (TPSA) is 88.8 Å². The summed E-state index contributed by atoms with van der Waals surface area (Å²) in [5.41, 5.74) is 1.54. The monoisotopic (exact) mass is 414 g/mol. The van der Waals surface area contributed by atoms with Crippen molar-refractivity contribution in [2.45, 2.75) is 40.3 Å². The number of aryl methyl sites for hydroxylation is 1. The average Bonchev–Trinajstić information content (AvgIpc) is 3.29. The fourth-order valence-electron chi connectivity index (χ4n) is 2.85. The molecule has 0 radical (unpaired) electrons. The SMILES string of the molecule is CCNC(=NCc1cc2ccccc2o1)NC(C)c1nc(C)c(C(=O)OCC)s1. The maximum Gasteiger partial charge on any atom is 0.350 e. The normalized spacial score (nSPS) is 12.8. The van der Waals surface area contributed by atoms with Gasteiger partial charge in [0.1, 0.15) is 27.8 Å². The number of benzene rings is 1. The average molecular weight is 415 g/mol. The Morgan fingerprint density at radius 3 is 2.86 bits per heavy atom. The molecule has 154 valence electrons. The van der Waals surface area contributed by atoms with E-state index in [1.54, 1.807) is 6.92 Å². The fourth-order valence-corrected chi connectivity index (χ4v) is 3.81. The number of nitrogens with one attached hydrogen (secondary N) is 2. The van der Waals surface area contributed by atoms with Crippen molar-refractivity contribution in [2.75, 3.05) is 13.2 Å². The Kier molecular flexibility index (Phi) is 6.87. The molecule has 0 saturated heterocycles. The zero-order valence-electron chi connectivity index (χ0n) is 17.1. The van der Waals surface area contributed by atoms with E-state index in [0.717, 1.165) is 28.3 Å². The van der Waals surface area contributed by atoms with Crippen LogP contribution in [0.4, 0.5) is 0 Å². The van der Waals surface area contributed by atoms with E-state index in [0.29, 0.717) is 29.7 Å². The smallest absolute Gasteiger partial charge is 0.350 e. The number of para-hydroxylation sites is 1. The van der Waals surface area contributed by atoms with E-state index in [9.17, 15) is 4.79 Å². The number of thiazole rings is 1. The largest absolute Gasteiger partial charge is 0.462 e. The first-order valence-corrected chi connectivity index (χ1v) is 10.5. The van der Waals surface area contributed by atoms with Gasteiger partial charge in [-0.25, -0.2) is 14.8 Å². The van der Waals surface area contributed by atoms with E-state index >= 15 is 0 Å². The van der Waals surface area contributed by atoms with E-state index < -0.39 is 0 Å². The Bertz CT molecular complexity index is 975. The fraction of sp³-hybridized carbons (Fsp3) is 0.381. The highest BCUT2D eigenvalue weighted by Gasteiger charge is 2.20. The van der Waals surface area contributed by atoms with Gasteiger partial charge in [-0.3, -0.25) is 0 Å². The van der Waals surface area contributed by atoms with Crippen molar-refractivity contribution in [1.29, 1.82) is 0 Å². The third-order valence-electron chi connectivity index (χ3n) is 4.21. The number of carbonyl (C=O) groups is 1. The van der Waals surface area contributed by atoms with E-state index in [1.165, 1.54) is 11.3 Å². The van der Waals surface area contributed by atoms with Gasteiger partial charge in [-0.05, 0) is 39.8 Å². The van der Waals surface area contributed by atoms with Crippen LogP contribution in [0, 0.1) is 6.92 Å². The van der Waals surface area contributed by atoms with Gasteiger partial charge in [0.2, 0.25) is 0 Å². The van der Waals surface area contributed by atoms with Crippen LogP contribution in [0.2, 0.25) is 0 Å². The minimum Gasteiger partial charge on any atom is -0.462 e. The first-order chi connectivity index (χ1) is 14.0. The number of hydrogen-bond donors (Lipinski definition) is 2. The van der Waals surface area contributed by atoms with Crippen molar-refractivity contribution < 1.29 is 13.9 Å². The number of nitrogens with zero attached hydrogens (tertiary/aromatic N) is 2. The number of guanidine groups is 1. The predicted molar refractivity (Wildman–Crippen MR) is 115 cm³/mol. The molecule has 7 nitrogen and oxygen atoms in total. The number of carbonyl (C=O) groups excluding carboxylic acids is 1. The summed E-state index contributed by atoms with van der Waals surface area (Å²) in [7, 11) is 0. The number of aliphatic imine (C=N–C) groups is 1. The number of rotatable bonds is 7. The maximum atomic E-state index is 12.0. The molecule has 1 unspecified atom stereocenters. The van der Waals surface area contributed by atoms with Gasteiger partial charge < -0.3 is 19.8 Å². The quantitative estimate of drug-likeness (QED) is 0.342. The molecule has 0 aliphatic rings. The van der Waals surface area contributed by atoms with Gasteiger partial charge in [0, 0.05) is 11.9 Å². The molecule has 1 aromatic carbocycles. The minimum atomic E-state index is -0.327. The standard InChI is InChI=1S/C21H26N4O3S/c1-5-22-21(23-12-16-11-15-9-7-8-10-17(15)28-16)25-14(4)19-24-13(3)18(29-19)20(26)27-6-2/h7-11,14H,5-6,12H2,1-4H3,(H2,22,23,25). The molecule has 0 fully saturated rings. The Hall–Kier alpha value is -2.87. The molecule has 29 heavy (non-hydrogen) atoms. The van der Waals surface area contributed by atoms with Crippen LogP contribution in [-0.4, -0.2) is 30.1 Å². The zero-order chi connectivity index (χ0) is 20.8. The van der Waals surface area contributed by atoms with Gasteiger partial charge in [-0.2, -0.15) is 0 Å². The van der Waals surface area contributed by atoms with Gasteiger partial charge in [0.05, 0.1) is 18.3 Å². The lowest BCUT2D eigenvalue weighted by Gasteiger charge is -2.15. The highest BCUT2D eigenvalue weighted by Crippen LogP contribution is 2.24. The minimum absolute atomic E-state index is 0.115. The van der Waals surface area contributed by atoms with Crippen molar-refractivity contribution >= 4 is 34.2 Å². The van der Waals surface area contributed by atoms with Crippen LogP contribution in [0.5, 0.6) is 0 Å². The lowest BCUT2D eigenvalue weighted by molar-refractivity contribution is 0.0531. The summed E-state index contributed by atoms with van der Waals surface area (Å²) in [6.45, 7) is 9.10. The molecule has 0 aliphatic carbocycles. The summed E-state index contributed by atoms with van der Waals surface area (Å²) in [4.78, 5) is 21.7. The number of hydrogen-bond acceptors (Lipinski definition) is 6. The molecule has 0 amide bonds. The van der Waals surface area contributed by atoms with E-state index in [4.69, 9.17) is 9.15 Å². The summed E-state index contributed by atoms with van der Waals surface area (Å²) in [6, 6.07) is 9.78. The lowest BCUT2D eigenvalue weighted by atomic mass is 10.2. The van der Waals surface area contributed by atoms with Crippen LogP contribution in [0.3, 0.4) is 0 Å². The molecule has 2 heterocycles. The molecule has 0 spiro atoms. The predicted octanol–water partition coefficient (Wildman–Crippen LogP) is 4.19. The van der Waals surface area contributed by atoms with Crippen molar-refractivity contribution in [2.24, 2.45) is 4.99 Å². The van der Waals surface area contributed by atoms with E-state index in [2.05, 4.69) is 20.6 Å². The van der Waals surface area contributed by atoms with Gasteiger partial charge in [0.15, 0.2) is 5.96 Å². The number of aromatic nitrogens is 1. The highest BCUT2D eigenvalue weighted by atomic mass is 32.1. The van der Waals surface area contributed by atoms with Crippen molar-refractivity contribution in [1.82, 2.24) is 15.6 Å². The molecule has 8 heteroatoms. The third kappa shape index (κ3) is 5.14. The summed E-state index contributed by atoms with van der Waals surface area (Å²) in [5, 5.41) is 8.45. The Labute approximate surface area is 174 Å². The molecule has 3 aromatic rings. The van der Waals surface area contributed by atoms with Gasteiger partial charge >= 0.3 is 5.97 Å². The first-order valence-electron chi connectivity index (χ1n) is 9.68. The summed E-state index contributed by atoms with van der Waals surface area (Å²) < 4.78 is 10.9. The molecule has 2 N–H and O–H groups in total. The molecular weight excluding hydrogens is 388 g/mol. The second kappa shape index (κ2) is 9.56. The first kappa shape index (κ1) is 20.9. The van der Waals surface area contributed by atoms with Gasteiger partial charge in [-0.15, -0.1) is 11.3 Å². The van der Waals surface area contributed by atoms with E-state index in [1.807, 2.05) is 51.1 Å². The summed E-state index contributed by atoms with van der Waals surface area (Å²) in [5.74, 6) is 1.13. The maximum absolute atomic E-state index is 12.0. The second-order valence-electron chi connectivity index (χ2n) is 6.50. The molecule has 0 bridgehead atoms. The lowest BCUT2D eigenvalue weighted by Crippen LogP contribution is -2.38. The third-order valence-corrected chi connectivity index (χ3v) is 5.53. The van der Waals surface area contributed by atoms with Crippen LogP contribution in [0.25, 0.3) is 11.0 Å². The van der Waals surface area contributed by atoms with Crippen LogP contribution in [0.15, 0.2) is 39.7 Å². The van der Waals surface area contributed by atoms with Crippen LogP contribution in [0.1, 0.15) is 52.9 Å². The number of furan rings is 1. The highest BCUT2D eigenvalue weighted by molar-refractivity contribution is 7.13.